The molecule has 0 aromatic carbocycles. The van der Waals surface area contributed by atoms with Gasteiger partial charge in [0.1, 0.15) is 0 Å². The predicted molar refractivity (Wildman–Crippen MR) is 66.3 cm³/mol. The molecule has 3 nitrogen and oxygen atoms in total. The summed E-state index contributed by atoms with van der Waals surface area (Å²) in [5, 5.41) is 13.2. The van der Waals surface area contributed by atoms with E-state index in [2.05, 4.69) is 19.2 Å². The second-order valence-electron chi connectivity index (χ2n) is 4.27. The molecule has 0 aromatic heterocycles. The van der Waals surface area contributed by atoms with Crippen molar-refractivity contribution in [2.45, 2.75) is 45.1 Å². The number of nitrogens with one attached hydrogen (secondary N) is 1. The lowest BCUT2D eigenvalue weighted by atomic mass is 9.98. The molecule has 0 aliphatic rings. The topological polar surface area (TPSA) is 49.3 Å². The van der Waals surface area contributed by atoms with Crippen molar-refractivity contribution in [3.63, 3.8) is 0 Å². The summed E-state index contributed by atoms with van der Waals surface area (Å²) >= 11 is 1.67. The molecule has 0 bridgehead atoms. The van der Waals surface area contributed by atoms with E-state index in [9.17, 15) is 9.90 Å². The van der Waals surface area contributed by atoms with Crippen molar-refractivity contribution in [3.8, 4) is 0 Å². The molecule has 0 radical (unpaired) electrons. The molecule has 0 fully saturated rings. The smallest absolute Gasteiger partial charge is 0.154 e. The Kier molecular flexibility index (Phi) is 7.22. The molecule has 0 spiro atoms. The minimum absolute atomic E-state index is 0.0406. The number of carbonyl (C=O) groups is 1. The van der Waals surface area contributed by atoms with E-state index < -0.39 is 12.1 Å². The van der Waals surface area contributed by atoms with Crippen LogP contribution in [0.25, 0.3) is 0 Å². The number of Topliss-reactive ketones (excluding diaryl/α,β-unsaturated/α-hetero) is 1. The average Bonchev–Trinajstić information content (AvgIpc) is 2.15. The molecule has 15 heavy (non-hydrogen) atoms. The lowest BCUT2D eigenvalue weighted by molar-refractivity contribution is -0.126. The van der Waals surface area contributed by atoms with Gasteiger partial charge in [-0.25, -0.2) is 0 Å². The summed E-state index contributed by atoms with van der Waals surface area (Å²) in [6, 6.07) is -0.434. The molecule has 2 atom stereocenters. The van der Waals surface area contributed by atoms with Crippen LogP contribution in [-0.2, 0) is 4.79 Å². The first-order valence-electron chi connectivity index (χ1n) is 5.40. The van der Waals surface area contributed by atoms with Crippen molar-refractivity contribution in [2.75, 3.05) is 12.8 Å². The number of aliphatic hydroxyl groups excluding tert-OH is 1. The van der Waals surface area contributed by atoms with Crippen LogP contribution < -0.4 is 5.32 Å². The van der Waals surface area contributed by atoms with E-state index >= 15 is 0 Å². The highest BCUT2D eigenvalue weighted by atomic mass is 32.2. The van der Waals surface area contributed by atoms with Gasteiger partial charge in [0.15, 0.2) is 5.78 Å². The van der Waals surface area contributed by atoms with Crippen molar-refractivity contribution < 1.29 is 9.90 Å². The third kappa shape index (κ3) is 5.54. The molecule has 0 saturated carbocycles. The number of rotatable bonds is 7. The molecule has 0 aromatic rings. The first-order valence-corrected chi connectivity index (χ1v) is 6.45. The van der Waals surface area contributed by atoms with E-state index in [0.29, 0.717) is 11.0 Å². The number of likely N-dealkylation sites (N-methyl/N-ethyl adjacent to an activating group) is 1. The van der Waals surface area contributed by atoms with Crippen molar-refractivity contribution in [1.29, 1.82) is 0 Å². The fourth-order valence-corrected chi connectivity index (χ4v) is 2.05. The van der Waals surface area contributed by atoms with Gasteiger partial charge in [-0.3, -0.25) is 4.79 Å². The van der Waals surface area contributed by atoms with E-state index in [1.54, 1.807) is 18.8 Å². The molecule has 0 aliphatic heterocycles. The molecule has 0 saturated heterocycles. The van der Waals surface area contributed by atoms with Crippen LogP contribution >= 0.6 is 11.8 Å². The minimum atomic E-state index is -0.600. The van der Waals surface area contributed by atoms with Gasteiger partial charge in [-0.1, -0.05) is 27.7 Å². The Hall–Kier alpha value is -0.0600. The van der Waals surface area contributed by atoms with Gasteiger partial charge < -0.3 is 10.4 Å². The van der Waals surface area contributed by atoms with Crippen LogP contribution in [0.5, 0.6) is 0 Å². The molecule has 4 heteroatoms. The molecule has 2 N–H and O–H groups in total. The quantitative estimate of drug-likeness (QED) is 0.696. The summed E-state index contributed by atoms with van der Waals surface area (Å²) in [4.78, 5) is 11.7. The summed E-state index contributed by atoms with van der Waals surface area (Å²) in [6.07, 6.45) is -0.600. The number of hydrogen-bond acceptors (Lipinski definition) is 4. The summed E-state index contributed by atoms with van der Waals surface area (Å²) < 4.78 is 0. The molecule has 0 heterocycles. The van der Waals surface area contributed by atoms with E-state index in [1.807, 2.05) is 13.8 Å². The molecule has 0 aliphatic carbocycles. The van der Waals surface area contributed by atoms with Crippen LogP contribution in [0.4, 0.5) is 0 Å². The molecule has 0 rings (SSSR count). The van der Waals surface area contributed by atoms with Crippen molar-refractivity contribution in [2.24, 2.45) is 5.92 Å². The normalized spacial score (nSPS) is 15.7. The standard InChI is InChI=1S/C11H23NO2S/c1-7(2)11(14)10(12-5)9(13)6-15-8(3)4/h7-10,12-13H,6H2,1-5H3. The lowest BCUT2D eigenvalue weighted by Gasteiger charge is -2.23. The predicted octanol–water partition coefficient (Wildman–Crippen LogP) is 1.30. The van der Waals surface area contributed by atoms with Gasteiger partial charge >= 0.3 is 0 Å². The van der Waals surface area contributed by atoms with Gasteiger partial charge in [0, 0.05) is 11.7 Å². The maximum atomic E-state index is 11.7. The minimum Gasteiger partial charge on any atom is -0.390 e. The Morgan fingerprint density at radius 3 is 2.20 bits per heavy atom. The van der Waals surface area contributed by atoms with Gasteiger partial charge in [-0.2, -0.15) is 11.8 Å². The van der Waals surface area contributed by atoms with E-state index in [4.69, 9.17) is 0 Å². The van der Waals surface area contributed by atoms with Crippen LogP contribution in [0.15, 0.2) is 0 Å². The SMILES string of the molecule is CNC(C(=O)C(C)C)C(O)CSC(C)C. The number of aliphatic hydroxyl groups is 1. The Bertz CT molecular complexity index is 195. The molecular formula is C11H23NO2S. The number of thioether (sulfide) groups is 1. The van der Waals surface area contributed by atoms with Crippen molar-refractivity contribution >= 4 is 17.5 Å². The first kappa shape index (κ1) is 14.9. The van der Waals surface area contributed by atoms with Gasteiger partial charge in [0.25, 0.3) is 0 Å². The molecule has 90 valence electrons. The summed E-state index contributed by atoms with van der Waals surface area (Å²) in [5.74, 6) is 0.636. The highest BCUT2D eigenvalue weighted by molar-refractivity contribution is 7.99. The van der Waals surface area contributed by atoms with E-state index in [1.165, 1.54) is 0 Å². The third-order valence-electron chi connectivity index (χ3n) is 2.17. The van der Waals surface area contributed by atoms with Gasteiger partial charge in [0.05, 0.1) is 12.1 Å². The number of carbonyl (C=O) groups excluding carboxylic acids is 1. The molecular weight excluding hydrogens is 210 g/mol. The van der Waals surface area contributed by atoms with Crippen LogP contribution in [-0.4, -0.2) is 41.1 Å². The molecule has 2 unspecified atom stereocenters. The average molecular weight is 233 g/mol. The van der Waals surface area contributed by atoms with Crippen molar-refractivity contribution in [1.82, 2.24) is 5.32 Å². The van der Waals surface area contributed by atoms with E-state index in [0.717, 1.165) is 0 Å². The largest absolute Gasteiger partial charge is 0.390 e. The summed E-state index contributed by atoms with van der Waals surface area (Å²) in [6.45, 7) is 7.87. The van der Waals surface area contributed by atoms with Gasteiger partial charge in [0.2, 0.25) is 0 Å². The summed E-state index contributed by atoms with van der Waals surface area (Å²) in [7, 11) is 1.72. The highest BCUT2D eigenvalue weighted by Crippen LogP contribution is 2.14. The Balaban J connectivity index is 4.21. The van der Waals surface area contributed by atoms with Gasteiger partial charge in [-0.05, 0) is 12.3 Å². The highest BCUT2D eigenvalue weighted by Gasteiger charge is 2.26. The molecule has 0 amide bonds. The van der Waals surface area contributed by atoms with E-state index in [-0.39, 0.29) is 11.7 Å². The zero-order chi connectivity index (χ0) is 12.0. The third-order valence-corrected chi connectivity index (χ3v) is 3.37. The fourth-order valence-electron chi connectivity index (χ4n) is 1.27. The fraction of sp³-hybridized carbons (Fsp3) is 0.909. The van der Waals surface area contributed by atoms with Gasteiger partial charge in [-0.15, -0.1) is 0 Å². The van der Waals surface area contributed by atoms with Crippen LogP contribution in [0.1, 0.15) is 27.7 Å². The first-order chi connectivity index (χ1) is 6.90. The Morgan fingerprint density at radius 2 is 1.87 bits per heavy atom. The Labute approximate surface area is 97.0 Å². The summed E-state index contributed by atoms with van der Waals surface area (Å²) in [5.41, 5.74) is 0. The second-order valence-corrected chi connectivity index (χ2v) is 5.88. The monoisotopic (exact) mass is 233 g/mol. The zero-order valence-electron chi connectivity index (χ0n) is 10.3. The zero-order valence-corrected chi connectivity index (χ0v) is 11.1. The maximum Gasteiger partial charge on any atom is 0.154 e. The number of hydrogen-bond donors (Lipinski definition) is 2. The van der Waals surface area contributed by atoms with Crippen molar-refractivity contribution in [3.05, 3.63) is 0 Å². The van der Waals surface area contributed by atoms with Crippen LogP contribution in [0.3, 0.4) is 0 Å². The van der Waals surface area contributed by atoms with Crippen LogP contribution in [0, 0.1) is 5.92 Å². The maximum absolute atomic E-state index is 11.7. The second kappa shape index (κ2) is 7.25. The number of ketones is 1. The Morgan fingerprint density at radius 1 is 1.33 bits per heavy atom. The van der Waals surface area contributed by atoms with Crippen LogP contribution in [0.2, 0.25) is 0 Å². The lowest BCUT2D eigenvalue weighted by Crippen LogP contribution is -2.47.